The Hall–Kier alpha value is -1.31. The third-order valence-corrected chi connectivity index (χ3v) is 4.78. The molecule has 0 bridgehead atoms. The lowest BCUT2D eigenvalue weighted by Crippen LogP contribution is -2.13. The minimum Gasteiger partial charge on any atom is -0.493 e. The number of ether oxygens (including phenoxy) is 2. The average Bonchev–Trinajstić information content (AvgIpc) is 2.89. The molecule has 2 rings (SSSR count). The number of thioether (sulfide) groups is 1. The van der Waals surface area contributed by atoms with Crippen LogP contribution in [0.25, 0.3) is 0 Å². The van der Waals surface area contributed by atoms with Crippen LogP contribution in [0.4, 0.5) is 0 Å². The van der Waals surface area contributed by atoms with E-state index in [1.807, 2.05) is 25.1 Å². The van der Waals surface area contributed by atoms with Gasteiger partial charge in [-0.3, -0.25) is 0 Å². The van der Waals surface area contributed by atoms with Crippen LogP contribution in [0.2, 0.25) is 0 Å². The largest absolute Gasteiger partial charge is 0.493 e. The highest BCUT2D eigenvalue weighted by Gasteiger charge is 2.12. The first-order valence-electron chi connectivity index (χ1n) is 6.04. The Labute approximate surface area is 126 Å². The average molecular weight is 311 g/mol. The van der Waals surface area contributed by atoms with Crippen molar-refractivity contribution in [1.29, 1.82) is 0 Å². The Morgan fingerprint density at radius 2 is 2.05 bits per heavy atom. The SMILES string of the molecule is COc1ccc(C(N)CSc2nc(C)ns2)cc1OC. The van der Waals surface area contributed by atoms with Crippen molar-refractivity contribution in [2.24, 2.45) is 5.73 Å². The lowest BCUT2D eigenvalue weighted by atomic mass is 10.1. The van der Waals surface area contributed by atoms with Crippen molar-refractivity contribution in [3.63, 3.8) is 0 Å². The summed E-state index contributed by atoms with van der Waals surface area (Å²) in [7, 11) is 3.23. The highest BCUT2D eigenvalue weighted by atomic mass is 32.2. The summed E-state index contributed by atoms with van der Waals surface area (Å²) in [4.78, 5) is 4.31. The number of aromatic nitrogens is 2. The quantitative estimate of drug-likeness (QED) is 0.827. The van der Waals surface area contributed by atoms with Crippen LogP contribution in [0.1, 0.15) is 17.4 Å². The van der Waals surface area contributed by atoms with Gasteiger partial charge in [0.2, 0.25) is 0 Å². The molecule has 0 amide bonds. The van der Waals surface area contributed by atoms with Gasteiger partial charge in [-0.05, 0) is 36.2 Å². The molecule has 1 aromatic heterocycles. The maximum atomic E-state index is 6.20. The molecule has 1 unspecified atom stereocenters. The second-order valence-electron chi connectivity index (χ2n) is 4.14. The summed E-state index contributed by atoms with van der Waals surface area (Å²) in [6.07, 6.45) is 0. The summed E-state index contributed by atoms with van der Waals surface area (Å²) in [5, 5.41) is 0. The van der Waals surface area contributed by atoms with Crippen molar-refractivity contribution in [3.05, 3.63) is 29.6 Å². The van der Waals surface area contributed by atoms with Crippen molar-refractivity contribution >= 4 is 23.3 Å². The molecule has 0 fully saturated rings. The molecule has 7 heteroatoms. The first kappa shape index (κ1) is 15.1. The molecule has 0 saturated carbocycles. The molecule has 0 aliphatic heterocycles. The third-order valence-electron chi connectivity index (χ3n) is 2.73. The topological polar surface area (TPSA) is 70.3 Å². The Balaban J connectivity index is 2.03. The summed E-state index contributed by atoms with van der Waals surface area (Å²) in [6.45, 7) is 1.88. The van der Waals surface area contributed by atoms with Gasteiger partial charge in [-0.2, -0.15) is 4.37 Å². The molecule has 0 spiro atoms. The van der Waals surface area contributed by atoms with E-state index in [9.17, 15) is 0 Å². The molecule has 20 heavy (non-hydrogen) atoms. The van der Waals surface area contributed by atoms with E-state index >= 15 is 0 Å². The van der Waals surface area contributed by atoms with E-state index in [4.69, 9.17) is 15.2 Å². The highest BCUT2D eigenvalue weighted by molar-refractivity contribution is 8.00. The molecule has 5 nitrogen and oxygen atoms in total. The van der Waals surface area contributed by atoms with Gasteiger partial charge in [0.05, 0.1) is 14.2 Å². The maximum absolute atomic E-state index is 6.20. The predicted molar refractivity (Wildman–Crippen MR) is 81.8 cm³/mol. The lowest BCUT2D eigenvalue weighted by Gasteiger charge is -2.14. The summed E-state index contributed by atoms with van der Waals surface area (Å²) in [6, 6.07) is 5.64. The van der Waals surface area contributed by atoms with Crippen LogP contribution < -0.4 is 15.2 Å². The number of aryl methyl sites for hydroxylation is 1. The zero-order valence-corrected chi connectivity index (χ0v) is 13.3. The van der Waals surface area contributed by atoms with Gasteiger partial charge in [-0.25, -0.2) is 4.98 Å². The van der Waals surface area contributed by atoms with E-state index in [1.165, 1.54) is 11.5 Å². The lowest BCUT2D eigenvalue weighted by molar-refractivity contribution is 0.354. The van der Waals surface area contributed by atoms with Crippen LogP contribution in [0.3, 0.4) is 0 Å². The normalized spacial score (nSPS) is 12.2. The van der Waals surface area contributed by atoms with Crippen molar-refractivity contribution < 1.29 is 9.47 Å². The van der Waals surface area contributed by atoms with Gasteiger partial charge in [-0.15, -0.1) is 0 Å². The van der Waals surface area contributed by atoms with E-state index in [2.05, 4.69) is 9.36 Å². The first-order chi connectivity index (χ1) is 9.63. The smallest absolute Gasteiger partial charge is 0.170 e. The van der Waals surface area contributed by atoms with Gasteiger partial charge >= 0.3 is 0 Å². The van der Waals surface area contributed by atoms with Gasteiger partial charge in [0, 0.05) is 11.8 Å². The molecule has 0 saturated heterocycles. The number of benzene rings is 1. The van der Waals surface area contributed by atoms with Gasteiger partial charge in [-0.1, -0.05) is 17.8 Å². The standard InChI is InChI=1S/C13H17N3O2S2/c1-8-15-13(20-16-8)19-7-10(14)9-4-5-11(17-2)12(6-9)18-3/h4-6,10H,7,14H2,1-3H3. The van der Waals surface area contributed by atoms with Crippen LogP contribution in [-0.4, -0.2) is 29.3 Å². The van der Waals surface area contributed by atoms with Gasteiger partial charge in [0.25, 0.3) is 0 Å². The first-order valence-corrected chi connectivity index (χ1v) is 7.80. The van der Waals surface area contributed by atoms with Crippen molar-refractivity contribution in [1.82, 2.24) is 9.36 Å². The number of rotatable bonds is 6. The van der Waals surface area contributed by atoms with Crippen molar-refractivity contribution in [2.75, 3.05) is 20.0 Å². The molecule has 2 aromatic rings. The molecular formula is C13H17N3O2S2. The highest BCUT2D eigenvalue weighted by Crippen LogP contribution is 2.31. The van der Waals surface area contributed by atoms with E-state index in [1.54, 1.807) is 26.0 Å². The molecule has 1 heterocycles. The summed E-state index contributed by atoms with van der Waals surface area (Å²) in [5.74, 6) is 2.94. The number of hydrogen-bond donors (Lipinski definition) is 1. The van der Waals surface area contributed by atoms with E-state index < -0.39 is 0 Å². The monoisotopic (exact) mass is 311 g/mol. The van der Waals surface area contributed by atoms with Crippen LogP contribution in [0.15, 0.2) is 22.5 Å². The van der Waals surface area contributed by atoms with Gasteiger partial charge in [0.1, 0.15) is 5.82 Å². The molecule has 0 aliphatic rings. The Kier molecular flexibility index (Phi) is 5.22. The van der Waals surface area contributed by atoms with Crippen molar-refractivity contribution in [3.8, 4) is 11.5 Å². The zero-order valence-electron chi connectivity index (χ0n) is 11.6. The van der Waals surface area contributed by atoms with E-state index in [0.29, 0.717) is 11.5 Å². The molecule has 0 radical (unpaired) electrons. The number of hydrogen-bond acceptors (Lipinski definition) is 7. The van der Waals surface area contributed by atoms with Crippen LogP contribution >= 0.6 is 23.3 Å². The van der Waals surface area contributed by atoms with Crippen LogP contribution in [-0.2, 0) is 0 Å². The summed E-state index contributed by atoms with van der Waals surface area (Å²) >= 11 is 3.02. The predicted octanol–water partition coefficient (Wildman–Crippen LogP) is 2.66. The van der Waals surface area contributed by atoms with Crippen LogP contribution in [0.5, 0.6) is 11.5 Å². The second kappa shape index (κ2) is 6.92. The fourth-order valence-electron chi connectivity index (χ4n) is 1.68. The number of nitrogens with zero attached hydrogens (tertiary/aromatic N) is 2. The zero-order chi connectivity index (χ0) is 14.5. The number of nitrogens with two attached hydrogens (primary N) is 1. The molecular weight excluding hydrogens is 294 g/mol. The molecule has 1 atom stereocenters. The Bertz CT molecular complexity index is 574. The van der Waals surface area contributed by atoms with E-state index in [-0.39, 0.29) is 6.04 Å². The maximum Gasteiger partial charge on any atom is 0.170 e. The minimum atomic E-state index is -0.0935. The van der Waals surface area contributed by atoms with E-state index in [0.717, 1.165) is 21.5 Å². The molecule has 0 aliphatic carbocycles. The van der Waals surface area contributed by atoms with Gasteiger partial charge < -0.3 is 15.2 Å². The molecule has 108 valence electrons. The van der Waals surface area contributed by atoms with Gasteiger partial charge in [0.15, 0.2) is 15.8 Å². The Morgan fingerprint density at radius 1 is 1.30 bits per heavy atom. The fourth-order valence-corrected chi connectivity index (χ4v) is 3.34. The van der Waals surface area contributed by atoms with Crippen molar-refractivity contribution in [2.45, 2.75) is 17.3 Å². The minimum absolute atomic E-state index is 0.0935. The molecule has 2 N–H and O–H groups in total. The summed E-state index contributed by atoms with van der Waals surface area (Å²) in [5.41, 5.74) is 7.21. The second-order valence-corrected chi connectivity index (χ2v) is 6.16. The molecule has 1 aromatic carbocycles. The Morgan fingerprint density at radius 3 is 2.65 bits per heavy atom. The third kappa shape index (κ3) is 3.62. The summed E-state index contributed by atoms with van der Waals surface area (Å²) < 4.78 is 15.6. The number of methoxy groups -OCH3 is 2. The fraction of sp³-hybridized carbons (Fsp3) is 0.385. The van der Waals surface area contributed by atoms with Crippen LogP contribution in [0, 0.1) is 6.92 Å².